The number of aryl methyl sites for hydroxylation is 1. The monoisotopic (exact) mass is 284 g/mol. The molecule has 0 fully saturated rings. The topological polar surface area (TPSA) is 58.2 Å². The lowest BCUT2D eigenvalue weighted by atomic mass is 9.71. The van der Waals surface area contributed by atoms with Crippen LogP contribution in [0.15, 0.2) is 35.5 Å². The number of rotatable bonds is 1. The minimum absolute atomic E-state index is 0.128. The number of hydrogen-bond acceptors (Lipinski definition) is 2. The highest BCUT2D eigenvalue weighted by Crippen LogP contribution is 2.41. The molecule has 0 saturated heterocycles. The van der Waals surface area contributed by atoms with Crippen molar-refractivity contribution in [3.05, 3.63) is 46.7 Å². The fourth-order valence-corrected chi connectivity index (χ4v) is 3.10. The summed E-state index contributed by atoms with van der Waals surface area (Å²) in [4.78, 5) is 24.7. The number of ketones is 1. The van der Waals surface area contributed by atoms with Gasteiger partial charge in [0.2, 0.25) is 0 Å². The lowest BCUT2D eigenvalue weighted by molar-refractivity contribution is -0.124. The molecule has 4 heteroatoms. The van der Waals surface area contributed by atoms with E-state index in [0.29, 0.717) is 0 Å². The van der Waals surface area contributed by atoms with Gasteiger partial charge in [0, 0.05) is 16.7 Å². The number of carbonyl (C=O) groups is 2. The first-order chi connectivity index (χ1) is 9.88. The number of hydrogen-bond donors (Lipinski definition) is 2. The van der Waals surface area contributed by atoms with Crippen LogP contribution >= 0.6 is 0 Å². The fraction of sp³-hybridized carbons (Fsp3) is 0.412. The van der Waals surface area contributed by atoms with Crippen molar-refractivity contribution >= 4 is 11.8 Å². The van der Waals surface area contributed by atoms with Crippen molar-refractivity contribution in [3.63, 3.8) is 0 Å². The lowest BCUT2D eigenvalue weighted by Gasteiger charge is -2.38. The summed E-state index contributed by atoms with van der Waals surface area (Å²) in [5.74, 6) is 0.128. The highest BCUT2D eigenvalue weighted by Gasteiger charge is 2.42. The van der Waals surface area contributed by atoms with E-state index in [4.69, 9.17) is 0 Å². The first-order valence-electron chi connectivity index (χ1n) is 7.30. The molecule has 2 aliphatic rings. The molecule has 2 amide bonds. The van der Waals surface area contributed by atoms with Gasteiger partial charge in [-0.25, -0.2) is 4.79 Å². The SMILES string of the molecule is Cc1cccc(C2NC(=O)NC3=C2C(=O)C(C)(C)CC3)c1. The molecule has 21 heavy (non-hydrogen) atoms. The molecule has 0 bridgehead atoms. The van der Waals surface area contributed by atoms with Crippen molar-refractivity contribution in [2.75, 3.05) is 0 Å². The van der Waals surface area contributed by atoms with Gasteiger partial charge in [-0.1, -0.05) is 43.7 Å². The third kappa shape index (κ3) is 2.35. The van der Waals surface area contributed by atoms with Crippen LogP contribution in [0.2, 0.25) is 0 Å². The van der Waals surface area contributed by atoms with Gasteiger partial charge in [0.05, 0.1) is 6.04 Å². The molecule has 0 aromatic heterocycles. The van der Waals surface area contributed by atoms with Gasteiger partial charge in [-0.15, -0.1) is 0 Å². The van der Waals surface area contributed by atoms with Crippen molar-refractivity contribution in [1.29, 1.82) is 0 Å². The van der Waals surface area contributed by atoms with Crippen molar-refractivity contribution in [1.82, 2.24) is 10.6 Å². The molecule has 110 valence electrons. The second-order valence-corrected chi connectivity index (χ2v) is 6.55. The van der Waals surface area contributed by atoms with Crippen LogP contribution in [0.1, 0.15) is 43.9 Å². The Hall–Kier alpha value is -2.10. The zero-order valence-corrected chi connectivity index (χ0v) is 12.6. The Morgan fingerprint density at radius 2 is 2.00 bits per heavy atom. The Kier molecular flexibility index (Phi) is 3.12. The second kappa shape index (κ2) is 4.72. The maximum absolute atomic E-state index is 12.8. The minimum atomic E-state index is -0.370. The number of benzene rings is 1. The molecule has 1 aromatic rings. The second-order valence-electron chi connectivity index (χ2n) is 6.55. The summed E-state index contributed by atoms with van der Waals surface area (Å²) in [5.41, 5.74) is 3.21. The summed E-state index contributed by atoms with van der Waals surface area (Å²) in [6, 6.07) is 7.37. The molecular weight excluding hydrogens is 264 g/mol. The van der Waals surface area contributed by atoms with Gasteiger partial charge in [0.15, 0.2) is 5.78 Å². The number of urea groups is 1. The van der Waals surface area contributed by atoms with Crippen LogP contribution in [-0.2, 0) is 4.79 Å². The quantitative estimate of drug-likeness (QED) is 0.833. The van der Waals surface area contributed by atoms with Gasteiger partial charge in [0.25, 0.3) is 0 Å². The standard InChI is InChI=1S/C17H20N2O2/c1-10-5-4-6-11(9-10)14-13-12(18-16(21)19-14)7-8-17(2,3)15(13)20/h4-6,9,14H,7-8H2,1-3H3,(H2,18,19,21). The van der Waals surface area contributed by atoms with Gasteiger partial charge in [0.1, 0.15) is 0 Å². The minimum Gasteiger partial charge on any atom is -0.327 e. The maximum Gasteiger partial charge on any atom is 0.319 e. The first-order valence-corrected chi connectivity index (χ1v) is 7.30. The third-order valence-electron chi connectivity index (χ3n) is 4.39. The van der Waals surface area contributed by atoms with Gasteiger partial charge in [-0.3, -0.25) is 4.79 Å². The molecule has 0 spiro atoms. The fourth-order valence-electron chi connectivity index (χ4n) is 3.10. The van der Waals surface area contributed by atoms with Gasteiger partial charge < -0.3 is 10.6 Å². The Bertz CT molecular complexity index is 659. The zero-order valence-electron chi connectivity index (χ0n) is 12.6. The first kappa shape index (κ1) is 13.9. The Balaban J connectivity index is 2.11. The average molecular weight is 284 g/mol. The normalized spacial score (nSPS) is 24.2. The molecule has 2 N–H and O–H groups in total. The summed E-state index contributed by atoms with van der Waals surface area (Å²) in [5, 5.41) is 5.71. The van der Waals surface area contributed by atoms with E-state index >= 15 is 0 Å². The van der Waals surface area contributed by atoms with E-state index in [-0.39, 0.29) is 23.3 Å². The molecule has 1 atom stereocenters. The number of Topliss-reactive ketones (excluding diaryl/α,β-unsaturated/α-hetero) is 1. The van der Waals surface area contributed by atoms with E-state index in [9.17, 15) is 9.59 Å². The van der Waals surface area contributed by atoms with Gasteiger partial charge >= 0.3 is 6.03 Å². The van der Waals surface area contributed by atoms with Crippen molar-refractivity contribution < 1.29 is 9.59 Å². The molecule has 1 heterocycles. The number of allylic oxidation sites excluding steroid dienone is 1. The summed E-state index contributed by atoms with van der Waals surface area (Å²) < 4.78 is 0. The predicted octanol–water partition coefficient (Wildman–Crippen LogP) is 2.99. The highest BCUT2D eigenvalue weighted by molar-refractivity contribution is 6.04. The van der Waals surface area contributed by atoms with Gasteiger partial charge in [-0.2, -0.15) is 0 Å². The maximum atomic E-state index is 12.8. The van der Waals surface area contributed by atoms with E-state index in [2.05, 4.69) is 10.6 Å². The zero-order chi connectivity index (χ0) is 15.2. The van der Waals surface area contributed by atoms with Crippen molar-refractivity contribution in [3.8, 4) is 0 Å². The third-order valence-corrected chi connectivity index (χ3v) is 4.39. The van der Waals surface area contributed by atoms with Crippen LogP contribution in [0.4, 0.5) is 4.79 Å². The van der Waals surface area contributed by atoms with Crippen LogP contribution in [-0.4, -0.2) is 11.8 Å². The molecule has 1 unspecified atom stereocenters. The number of carbonyl (C=O) groups excluding carboxylic acids is 2. The molecule has 0 radical (unpaired) electrons. The average Bonchev–Trinajstić information content (AvgIpc) is 2.42. The Labute approximate surface area is 124 Å². The summed E-state index contributed by atoms with van der Waals surface area (Å²) in [7, 11) is 0. The van der Waals surface area contributed by atoms with Gasteiger partial charge in [-0.05, 0) is 25.3 Å². The van der Waals surface area contributed by atoms with Crippen LogP contribution in [0.3, 0.4) is 0 Å². The summed E-state index contributed by atoms with van der Waals surface area (Å²) >= 11 is 0. The molecule has 1 aliphatic heterocycles. The summed E-state index contributed by atoms with van der Waals surface area (Å²) in [6.07, 6.45) is 1.51. The predicted molar refractivity (Wildman–Crippen MR) is 80.6 cm³/mol. The largest absolute Gasteiger partial charge is 0.327 e. The van der Waals surface area contributed by atoms with E-state index in [1.807, 2.05) is 45.0 Å². The van der Waals surface area contributed by atoms with Crippen LogP contribution < -0.4 is 10.6 Å². The molecule has 4 nitrogen and oxygen atoms in total. The van der Waals surface area contributed by atoms with Crippen LogP contribution in [0.25, 0.3) is 0 Å². The number of nitrogens with one attached hydrogen (secondary N) is 2. The van der Waals surface area contributed by atoms with Crippen molar-refractivity contribution in [2.24, 2.45) is 5.41 Å². The lowest BCUT2D eigenvalue weighted by Crippen LogP contribution is -2.49. The molecular formula is C17H20N2O2. The van der Waals surface area contributed by atoms with Crippen LogP contribution in [0.5, 0.6) is 0 Å². The highest BCUT2D eigenvalue weighted by atomic mass is 16.2. The van der Waals surface area contributed by atoms with Crippen LogP contribution in [0, 0.1) is 12.3 Å². The Morgan fingerprint density at radius 3 is 2.71 bits per heavy atom. The molecule has 1 aliphatic carbocycles. The molecule has 1 aromatic carbocycles. The smallest absolute Gasteiger partial charge is 0.319 e. The van der Waals surface area contributed by atoms with E-state index in [1.54, 1.807) is 0 Å². The van der Waals surface area contributed by atoms with E-state index in [0.717, 1.165) is 35.2 Å². The van der Waals surface area contributed by atoms with E-state index < -0.39 is 0 Å². The van der Waals surface area contributed by atoms with E-state index in [1.165, 1.54) is 0 Å². The molecule has 3 rings (SSSR count). The van der Waals surface area contributed by atoms with Crippen molar-refractivity contribution in [2.45, 2.75) is 39.7 Å². The number of amides is 2. The Morgan fingerprint density at radius 1 is 1.24 bits per heavy atom. The summed E-state index contributed by atoms with van der Waals surface area (Å²) in [6.45, 7) is 5.96. The molecule has 0 saturated carbocycles.